The van der Waals surface area contributed by atoms with E-state index in [2.05, 4.69) is 21.6 Å². The fourth-order valence-corrected chi connectivity index (χ4v) is 4.11. The molecule has 1 aromatic carbocycles. The van der Waals surface area contributed by atoms with Gasteiger partial charge in [-0.05, 0) is 45.4 Å². The van der Waals surface area contributed by atoms with E-state index in [-0.39, 0.29) is 24.5 Å². The first-order valence-electron chi connectivity index (χ1n) is 8.23. The van der Waals surface area contributed by atoms with Gasteiger partial charge in [-0.3, -0.25) is 15.0 Å². The Balaban J connectivity index is 1.65. The Morgan fingerprint density at radius 2 is 2.17 bits per heavy atom. The van der Waals surface area contributed by atoms with Crippen LogP contribution < -0.4 is 10.6 Å². The third-order valence-corrected chi connectivity index (χ3v) is 5.12. The van der Waals surface area contributed by atoms with Crippen LogP contribution in [-0.4, -0.2) is 41.0 Å². The average molecular weight is 346 g/mol. The van der Waals surface area contributed by atoms with Crippen LogP contribution in [-0.2, 0) is 4.79 Å². The predicted molar refractivity (Wildman–Crippen MR) is 95.0 cm³/mol. The summed E-state index contributed by atoms with van der Waals surface area (Å²) in [6.45, 7) is 4.77. The molecule has 7 heteroatoms. The number of thiazole rings is 1. The first-order valence-corrected chi connectivity index (χ1v) is 9.04. The summed E-state index contributed by atoms with van der Waals surface area (Å²) < 4.78 is 1.17. The van der Waals surface area contributed by atoms with E-state index < -0.39 is 6.03 Å². The molecular formula is C17H22N4O2S. The number of amides is 3. The highest BCUT2D eigenvalue weighted by atomic mass is 32.1. The number of imide groups is 1. The smallest absolute Gasteiger partial charge is 0.321 e. The van der Waals surface area contributed by atoms with Gasteiger partial charge in [0.1, 0.15) is 5.01 Å². The maximum atomic E-state index is 12.1. The summed E-state index contributed by atoms with van der Waals surface area (Å²) >= 11 is 1.68. The van der Waals surface area contributed by atoms with Crippen molar-refractivity contribution in [1.29, 1.82) is 0 Å². The lowest BCUT2D eigenvalue weighted by molar-refractivity contribution is -0.121. The van der Waals surface area contributed by atoms with Crippen LogP contribution in [0.25, 0.3) is 10.2 Å². The van der Waals surface area contributed by atoms with Crippen LogP contribution in [0.4, 0.5) is 4.79 Å². The molecule has 24 heavy (non-hydrogen) atoms. The summed E-state index contributed by atoms with van der Waals surface area (Å²) in [6.07, 6.45) is 2.03. The molecule has 0 unspecified atom stereocenters. The number of nitrogens with one attached hydrogen (secondary N) is 2. The number of aromatic nitrogens is 1. The topological polar surface area (TPSA) is 74.3 Å². The van der Waals surface area contributed by atoms with E-state index in [1.807, 2.05) is 32.0 Å². The van der Waals surface area contributed by atoms with E-state index in [4.69, 9.17) is 4.98 Å². The van der Waals surface area contributed by atoms with Gasteiger partial charge in [0.15, 0.2) is 0 Å². The fourth-order valence-electron chi connectivity index (χ4n) is 2.98. The molecule has 1 aliphatic rings. The minimum Gasteiger partial charge on any atom is -0.336 e. The van der Waals surface area contributed by atoms with Crippen molar-refractivity contribution < 1.29 is 9.59 Å². The molecule has 3 amide bonds. The lowest BCUT2D eigenvalue weighted by Crippen LogP contribution is -2.46. The van der Waals surface area contributed by atoms with E-state index in [9.17, 15) is 9.59 Å². The van der Waals surface area contributed by atoms with Crippen molar-refractivity contribution in [2.24, 2.45) is 0 Å². The molecule has 3 rings (SSSR count). The molecule has 1 aromatic heterocycles. The summed E-state index contributed by atoms with van der Waals surface area (Å²) in [4.78, 5) is 30.6. The number of nitrogens with zero attached hydrogens (tertiary/aromatic N) is 2. The number of urea groups is 1. The number of rotatable bonds is 4. The monoisotopic (exact) mass is 346 g/mol. The second kappa shape index (κ2) is 7.27. The van der Waals surface area contributed by atoms with Crippen molar-refractivity contribution in [2.75, 3.05) is 13.1 Å². The maximum absolute atomic E-state index is 12.1. The summed E-state index contributed by atoms with van der Waals surface area (Å²) in [5, 5.41) is 6.10. The Kier molecular flexibility index (Phi) is 5.11. The number of fused-ring (bicyclic) bond motifs is 1. The second-order valence-corrected chi connectivity index (χ2v) is 7.39. The standard InChI is InChI=1S/C17H22N4O2S/c1-11(2)18-17(23)20-15(22)10-21-9-5-7-13(21)16-19-12-6-3-4-8-14(12)24-16/h3-4,6,8,11,13H,5,7,9-10H2,1-2H3,(H2,18,20,22,23)/t13-/m1/s1. The second-order valence-electron chi connectivity index (χ2n) is 6.32. The van der Waals surface area contributed by atoms with E-state index in [0.29, 0.717) is 0 Å². The van der Waals surface area contributed by atoms with Crippen LogP contribution in [0.5, 0.6) is 0 Å². The third kappa shape index (κ3) is 3.91. The number of benzene rings is 1. The predicted octanol–water partition coefficient (Wildman–Crippen LogP) is 2.67. The molecule has 0 spiro atoms. The summed E-state index contributed by atoms with van der Waals surface area (Å²) in [5.41, 5.74) is 1.00. The van der Waals surface area contributed by atoms with E-state index in [1.165, 1.54) is 4.70 Å². The van der Waals surface area contributed by atoms with Crippen LogP contribution >= 0.6 is 11.3 Å². The molecule has 2 N–H and O–H groups in total. The van der Waals surface area contributed by atoms with Gasteiger partial charge >= 0.3 is 6.03 Å². The largest absolute Gasteiger partial charge is 0.336 e. The van der Waals surface area contributed by atoms with Gasteiger partial charge in [-0.1, -0.05) is 12.1 Å². The van der Waals surface area contributed by atoms with Crippen molar-refractivity contribution in [3.05, 3.63) is 29.3 Å². The van der Waals surface area contributed by atoms with E-state index in [0.717, 1.165) is 29.9 Å². The van der Waals surface area contributed by atoms with Crippen LogP contribution in [0.15, 0.2) is 24.3 Å². The molecule has 1 atom stereocenters. The highest BCUT2D eigenvalue weighted by Gasteiger charge is 2.30. The Hall–Kier alpha value is -1.99. The number of carbonyl (C=O) groups is 2. The van der Waals surface area contributed by atoms with Gasteiger partial charge < -0.3 is 5.32 Å². The van der Waals surface area contributed by atoms with Gasteiger partial charge in [0, 0.05) is 6.04 Å². The zero-order valence-electron chi connectivity index (χ0n) is 13.9. The van der Waals surface area contributed by atoms with Crippen molar-refractivity contribution in [3.63, 3.8) is 0 Å². The normalized spacial score (nSPS) is 18.2. The number of hydrogen-bond acceptors (Lipinski definition) is 5. The fraction of sp³-hybridized carbons (Fsp3) is 0.471. The van der Waals surface area contributed by atoms with Crippen molar-refractivity contribution in [1.82, 2.24) is 20.5 Å². The van der Waals surface area contributed by atoms with Gasteiger partial charge in [-0.25, -0.2) is 9.78 Å². The van der Waals surface area contributed by atoms with Crippen LogP contribution in [0.3, 0.4) is 0 Å². The zero-order chi connectivity index (χ0) is 17.1. The molecule has 1 fully saturated rings. The van der Waals surface area contributed by atoms with Crippen molar-refractivity contribution >= 4 is 33.5 Å². The number of hydrogen-bond donors (Lipinski definition) is 2. The van der Waals surface area contributed by atoms with Gasteiger partial charge in [0.05, 0.1) is 22.8 Å². The van der Waals surface area contributed by atoms with Crippen LogP contribution in [0.2, 0.25) is 0 Å². The van der Waals surface area contributed by atoms with Crippen LogP contribution in [0.1, 0.15) is 37.7 Å². The van der Waals surface area contributed by atoms with Gasteiger partial charge in [-0.2, -0.15) is 0 Å². The lowest BCUT2D eigenvalue weighted by atomic mass is 10.2. The number of carbonyl (C=O) groups excluding carboxylic acids is 2. The molecule has 2 aromatic rings. The molecule has 1 saturated heterocycles. The molecule has 0 saturated carbocycles. The lowest BCUT2D eigenvalue weighted by Gasteiger charge is -2.22. The minimum absolute atomic E-state index is 0.0000774. The van der Waals surface area contributed by atoms with E-state index >= 15 is 0 Å². The summed E-state index contributed by atoms with van der Waals surface area (Å²) in [5.74, 6) is -0.277. The summed E-state index contributed by atoms with van der Waals surface area (Å²) in [7, 11) is 0. The van der Waals surface area contributed by atoms with Gasteiger partial charge in [0.2, 0.25) is 5.91 Å². The Bertz CT molecular complexity index is 710. The first-order chi connectivity index (χ1) is 11.5. The van der Waals surface area contributed by atoms with E-state index in [1.54, 1.807) is 11.3 Å². The third-order valence-electron chi connectivity index (χ3n) is 3.98. The minimum atomic E-state index is -0.439. The molecule has 128 valence electrons. The quantitative estimate of drug-likeness (QED) is 0.892. The average Bonchev–Trinajstić information content (AvgIpc) is 3.11. The highest BCUT2D eigenvalue weighted by molar-refractivity contribution is 7.18. The molecule has 2 heterocycles. The van der Waals surface area contributed by atoms with Crippen LogP contribution in [0, 0.1) is 0 Å². The maximum Gasteiger partial charge on any atom is 0.321 e. The molecule has 1 aliphatic heterocycles. The Labute approximate surface area is 145 Å². The summed E-state index contributed by atoms with van der Waals surface area (Å²) in [6, 6.07) is 7.79. The molecular weight excluding hydrogens is 324 g/mol. The Morgan fingerprint density at radius 1 is 1.38 bits per heavy atom. The van der Waals surface area contributed by atoms with Crippen molar-refractivity contribution in [2.45, 2.75) is 38.8 Å². The molecule has 0 radical (unpaired) electrons. The van der Waals surface area contributed by atoms with Gasteiger partial charge in [0.25, 0.3) is 0 Å². The molecule has 0 aliphatic carbocycles. The molecule has 0 bridgehead atoms. The zero-order valence-corrected chi connectivity index (χ0v) is 14.7. The molecule has 6 nitrogen and oxygen atoms in total. The highest BCUT2D eigenvalue weighted by Crippen LogP contribution is 2.36. The van der Waals surface area contributed by atoms with Crippen molar-refractivity contribution in [3.8, 4) is 0 Å². The number of para-hydroxylation sites is 1. The first kappa shape index (κ1) is 16.9. The number of likely N-dealkylation sites (tertiary alicyclic amines) is 1. The Morgan fingerprint density at radius 3 is 2.92 bits per heavy atom. The SMILES string of the molecule is CC(C)NC(=O)NC(=O)CN1CCC[C@@H]1c1nc2ccccc2s1. The van der Waals surface area contributed by atoms with Gasteiger partial charge in [-0.15, -0.1) is 11.3 Å².